The van der Waals surface area contributed by atoms with Crippen LogP contribution in [0.3, 0.4) is 0 Å². The van der Waals surface area contributed by atoms with Crippen LogP contribution in [0.5, 0.6) is 0 Å². The van der Waals surface area contributed by atoms with Crippen molar-refractivity contribution in [2.24, 2.45) is 0 Å². The summed E-state index contributed by atoms with van der Waals surface area (Å²) >= 11 is 5.91. The van der Waals surface area contributed by atoms with Crippen molar-refractivity contribution in [1.29, 1.82) is 0 Å². The average Bonchev–Trinajstić information content (AvgIpc) is 2.66. The average molecular weight is 237 g/mol. The lowest BCUT2D eigenvalue weighted by molar-refractivity contribution is 0.659. The van der Waals surface area contributed by atoms with Crippen LogP contribution in [-0.2, 0) is 13.1 Å². The van der Waals surface area contributed by atoms with Gasteiger partial charge in [-0.1, -0.05) is 23.7 Å². The number of aromatic nitrogens is 3. The summed E-state index contributed by atoms with van der Waals surface area (Å²) in [5, 5.41) is 8.08. The van der Waals surface area contributed by atoms with E-state index in [1.54, 1.807) is 11.0 Å². The second-order valence-electron chi connectivity index (χ2n) is 3.52. The van der Waals surface area contributed by atoms with Crippen LogP contribution in [0, 0.1) is 0 Å². The standard InChI is InChI=1S/C11H13ClN4/c1-13-6-11-14-8-16(15-11)7-9-3-2-4-10(12)5-9/h2-5,8,13H,6-7H2,1H3. The maximum absolute atomic E-state index is 5.91. The van der Waals surface area contributed by atoms with E-state index in [1.807, 2.05) is 31.3 Å². The maximum Gasteiger partial charge on any atom is 0.164 e. The molecule has 4 nitrogen and oxygen atoms in total. The molecule has 0 saturated heterocycles. The van der Waals surface area contributed by atoms with Gasteiger partial charge in [-0.2, -0.15) is 5.10 Å². The Balaban J connectivity index is 2.08. The number of halogens is 1. The van der Waals surface area contributed by atoms with E-state index in [9.17, 15) is 0 Å². The van der Waals surface area contributed by atoms with Crippen LogP contribution in [0.4, 0.5) is 0 Å². The molecule has 0 radical (unpaired) electrons. The van der Waals surface area contributed by atoms with E-state index in [4.69, 9.17) is 11.6 Å². The largest absolute Gasteiger partial charge is 0.313 e. The zero-order valence-electron chi connectivity index (χ0n) is 9.02. The predicted molar refractivity (Wildman–Crippen MR) is 63.3 cm³/mol. The van der Waals surface area contributed by atoms with Crippen molar-refractivity contribution in [3.63, 3.8) is 0 Å². The van der Waals surface area contributed by atoms with Crippen LogP contribution in [0.2, 0.25) is 5.02 Å². The first kappa shape index (κ1) is 11.1. The van der Waals surface area contributed by atoms with Crippen LogP contribution in [0.25, 0.3) is 0 Å². The quantitative estimate of drug-likeness (QED) is 0.879. The van der Waals surface area contributed by atoms with Gasteiger partial charge in [0.05, 0.1) is 13.1 Å². The zero-order valence-corrected chi connectivity index (χ0v) is 9.78. The van der Waals surface area contributed by atoms with Gasteiger partial charge >= 0.3 is 0 Å². The van der Waals surface area contributed by atoms with Crippen molar-refractivity contribution < 1.29 is 0 Å². The van der Waals surface area contributed by atoms with Gasteiger partial charge in [0.2, 0.25) is 0 Å². The van der Waals surface area contributed by atoms with Gasteiger partial charge in [-0.15, -0.1) is 0 Å². The molecular weight excluding hydrogens is 224 g/mol. The molecule has 0 atom stereocenters. The summed E-state index contributed by atoms with van der Waals surface area (Å²) in [5.74, 6) is 0.796. The third-order valence-corrected chi connectivity index (χ3v) is 2.39. The second kappa shape index (κ2) is 5.09. The number of benzene rings is 1. The molecule has 0 aliphatic rings. The Morgan fingerprint density at radius 3 is 3.06 bits per heavy atom. The van der Waals surface area contributed by atoms with Gasteiger partial charge in [0.1, 0.15) is 6.33 Å². The highest BCUT2D eigenvalue weighted by Crippen LogP contribution is 2.11. The molecule has 2 rings (SSSR count). The molecule has 0 bridgehead atoms. The minimum atomic E-state index is 0.683. The van der Waals surface area contributed by atoms with E-state index in [1.165, 1.54) is 0 Å². The monoisotopic (exact) mass is 236 g/mol. The number of nitrogens with one attached hydrogen (secondary N) is 1. The summed E-state index contributed by atoms with van der Waals surface area (Å²) in [6, 6.07) is 7.74. The molecule has 0 unspecified atom stereocenters. The molecule has 2 aromatic rings. The fourth-order valence-electron chi connectivity index (χ4n) is 1.47. The first-order valence-corrected chi connectivity index (χ1v) is 5.43. The van der Waals surface area contributed by atoms with E-state index in [0.717, 1.165) is 16.4 Å². The van der Waals surface area contributed by atoms with Crippen LogP contribution in [0.15, 0.2) is 30.6 Å². The highest BCUT2D eigenvalue weighted by molar-refractivity contribution is 6.30. The number of nitrogens with zero attached hydrogens (tertiary/aromatic N) is 3. The lowest BCUT2D eigenvalue weighted by Crippen LogP contribution is -2.08. The summed E-state index contributed by atoms with van der Waals surface area (Å²) in [6.07, 6.45) is 1.73. The summed E-state index contributed by atoms with van der Waals surface area (Å²) in [6.45, 7) is 1.37. The number of rotatable bonds is 4. The fraction of sp³-hybridized carbons (Fsp3) is 0.273. The van der Waals surface area contributed by atoms with E-state index < -0.39 is 0 Å². The fourth-order valence-corrected chi connectivity index (χ4v) is 1.68. The van der Waals surface area contributed by atoms with Gasteiger partial charge in [0.25, 0.3) is 0 Å². The topological polar surface area (TPSA) is 42.7 Å². The summed E-state index contributed by atoms with van der Waals surface area (Å²) in [5.41, 5.74) is 1.12. The molecular formula is C11H13ClN4. The lowest BCUT2D eigenvalue weighted by atomic mass is 10.2. The molecule has 1 heterocycles. The molecule has 16 heavy (non-hydrogen) atoms. The lowest BCUT2D eigenvalue weighted by Gasteiger charge is -2.01. The van der Waals surface area contributed by atoms with Crippen LogP contribution in [0.1, 0.15) is 11.4 Å². The molecule has 0 aliphatic heterocycles. The predicted octanol–water partition coefficient (Wildman–Crippen LogP) is 1.70. The molecule has 0 fully saturated rings. The molecule has 1 N–H and O–H groups in total. The Bertz CT molecular complexity index is 467. The van der Waals surface area contributed by atoms with E-state index in [2.05, 4.69) is 15.4 Å². The van der Waals surface area contributed by atoms with Crippen LogP contribution >= 0.6 is 11.6 Å². The van der Waals surface area contributed by atoms with Crippen molar-refractivity contribution in [1.82, 2.24) is 20.1 Å². The molecule has 0 spiro atoms. The Kier molecular flexibility index (Phi) is 3.54. The Labute approximate surface area is 99.3 Å². The van der Waals surface area contributed by atoms with Crippen molar-refractivity contribution in [2.45, 2.75) is 13.1 Å². The summed E-state index contributed by atoms with van der Waals surface area (Å²) in [7, 11) is 1.87. The third-order valence-electron chi connectivity index (χ3n) is 2.15. The Morgan fingerprint density at radius 1 is 1.44 bits per heavy atom. The minimum Gasteiger partial charge on any atom is -0.313 e. The van der Waals surface area contributed by atoms with Gasteiger partial charge in [-0.3, -0.25) is 0 Å². The second-order valence-corrected chi connectivity index (χ2v) is 3.96. The molecule has 84 valence electrons. The Morgan fingerprint density at radius 2 is 2.31 bits per heavy atom. The summed E-state index contributed by atoms with van der Waals surface area (Å²) in [4.78, 5) is 4.18. The Hall–Kier alpha value is -1.39. The van der Waals surface area contributed by atoms with Gasteiger partial charge < -0.3 is 5.32 Å². The molecule has 5 heteroatoms. The maximum atomic E-state index is 5.91. The van der Waals surface area contributed by atoms with Gasteiger partial charge in [-0.05, 0) is 24.7 Å². The van der Waals surface area contributed by atoms with E-state index >= 15 is 0 Å². The highest BCUT2D eigenvalue weighted by atomic mass is 35.5. The summed E-state index contributed by atoms with van der Waals surface area (Å²) < 4.78 is 1.80. The highest BCUT2D eigenvalue weighted by Gasteiger charge is 2.00. The van der Waals surface area contributed by atoms with Crippen molar-refractivity contribution >= 4 is 11.6 Å². The van der Waals surface area contributed by atoms with E-state index in [0.29, 0.717) is 13.1 Å². The normalized spacial score (nSPS) is 10.6. The van der Waals surface area contributed by atoms with Crippen molar-refractivity contribution in [3.05, 3.63) is 47.0 Å². The third kappa shape index (κ3) is 2.81. The molecule has 0 amide bonds. The SMILES string of the molecule is CNCc1ncn(Cc2cccc(Cl)c2)n1. The molecule has 0 saturated carbocycles. The number of hydrogen-bond acceptors (Lipinski definition) is 3. The molecule has 1 aromatic heterocycles. The number of hydrogen-bond donors (Lipinski definition) is 1. The first-order valence-electron chi connectivity index (χ1n) is 5.05. The minimum absolute atomic E-state index is 0.683. The van der Waals surface area contributed by atoms with Crippen molar-refractivity contribution in [2.75, 3.05) is 7.05 Å². The smallest absolute Gasteiger partial charge is 0.164 e. The van der Waals surface area contributed by atoms with Gasteiger partial charge in [-0.25, -0.2) is 9.67 Å². The zero-order chi connectivity index (χ0) is 11.4. The van der Waals surface area contributed by atoms with Crippen LogP contribution in [-0.4, -0.2) is 21.8 Å². The van der Waals surface area contributed by atoms with Crippen molar-refractivity contribution in [3.8, 4) is 0 Å². The van der Waals surface area contributed by atoms with Gasteiger partial charge in [0.15, 0.2) is 5.82 Å². The van der Waals surface area contributed by atoms with E-state index in [-0.39, 0.29) is 0 Å². The van der Waals surface area contributed by atoms with Gasteiger partial charge in [0, 0.05) is 5.02 Å². The molecule has 0 aliphatic carbocycles. The van der Waals surface area contributed by atoms with Crippen LogP contribution < -0.4 is 5.32 Å². The molecule has 1 aromatic carbocycles. The first-order chi connectivity index (χ1) is 7.78.